The summed E-state index contributed by atoms with van der Waals surface area (Å²) < 4.78 is 85.7. The number of ether oxygens (including phenoxy) is 3. The number of rotatable bonds is 7. The van der Waals surface area contributed by atoms with Gasteiger partial charge in [0.25, 0.3) is 10.1 Å². The molecular weight excluding hydrogens is 445 g/mol. The van der Waals surface area contributed by atoms with Crippen molar-refractivity contribution in [3.8, 4) is 0 Å². The van der Waals surface area contributed by atoms with Crippen molar-refractivity contribution in [2.24, 2.45) is 0 Å². The Morgan fingerprint density at radius 2 is 1.94 bits per heavy atom. The van der Waals surface area contributed by atoms with Crippen molar-refractivity contribution in [3.05, 3.63) is 24.0 Å². The fourth-order valence-corrected chi connectivity index (χ4v) is 4.03. The van der Waals surface area contributed by atoms with E-state index in [0.717, 1.165) is 31.4 Å². The molecular formula is C18H23F3N2O7S. The SMILES string of the molecule is COC1(OC)CCN(c2ccc(N3CC(COS(C)(=O)=O)OC3=O)cc2F)CC1(F)F. The Hall–Kier alpha value is -2.09. The molecule has 2 heterocycles. The largest absolute Gasteiger partial charge is 0.441 e. The zero-order valence-corrected chi connectivity index (χ0v) is 18.0. The predicted octanol–water partition coefficient (Wildman–Crippen LogP) is 1.96. The summed E-state index contributed by atoms with van der Waals surface area (Å²) in [6.07, 6.45) is -0.983. The van der Waals surface area contributed by atoms with E-state index in [1.165, 1.54) is 17.0 Å². The number of amides is 1. The van der Waals surface area contributed by atoms with Crippen LogP contribution in [0, 0.1) is 5.82 Å². The van der Waals surface area contributed by atoms with E-state index in [-0.39, 0.29) is 37.5 Å². The molecule has 0 aliphatic carbocycles. The van der Waals surface area contributed by atoms with Crippen LogP contribution in [0.25, 0.3) is 0 Å². The van der Waals surface area contributed by atoms with Gasteiger partial charge in [0.15, 0.2) is 0 Å². The van der Waals surface area contributed by atoms with Gasteiger partial charge >= 0.3 is 12.0 Å². The summed E-state index contributed by atoms with van der Waals surface area (Å²) in [5.74, 6) is -6.28. The highest BCUT2D eigenvalue weighted by atomic mass is 32.2. The van der Waals surface area contributed by atoms with Crippen LogP contribution in [0.2, 0.25) is 0 Å². The molecule has 174 valence electrons. The number of hydrogen-bond acceptors (Lipinski definition) is 8. The van der Waals surface area contributed by atoms with Crippen LogP contribution in [-0.4, -0.2) is 79.0 Å². The fraction of sp³-hybridized carbons (Fsp3) is 0.611. The molecule has 3 rings (SSSR count). The van der Waals surface area contributed by atoms with Crippen molar-refractivity contribution >= 4 is 27.6 Å². The molecule has 2 saturated heterocycles. The van der Waals surface area contributed by atoms with Crippen LogP contribution in [0.1, 0.15) is 6.42 Å². The molecule has 2 aliphatic rings. The van der Waals surface area contributed by atoms with Crippen molar-refractivity contribution in [3.63, 3.8) is 0 Å². The summed E-state index contributed by atoms with van der Waals surface area (Å²) in [5.41, 5.74) is 0.0776. The van der Waals surface area contributed by atoms with Gasteiger partial charge in [-0.05, 0) is 18.2 Å². The molecule has 0 aromatic heterocycles. The smallest absolute Gasteiger partial charge is 0.414 e. The van der Waals surface area contributed by atoms with Gasteiger partial charge in [-0.15, -0.1) is 0 Å². The van der Waals surface area contributed by atoms with Crippen molar-refractivity contribution in [1.82, 2.24) is 0 Å². The summed E-state index contributed by atoms with van der Waals surface area (Å²) in [5, 5.41) is 0. The van der Waals surface area contributed by atoms with Gasteiger partial charge in [-0.2, -0.15) is 17.2 Å². The van der Waals surface area contributed by atoms with Crippen LogP contribution in [-0.2, 0) is 28.5 Å². The van der Waals surface area contributed by atoms with E-state index in [1.54, 1.807) is 0 Å². The van der Waals surface area contributed by atoms with Gasteiger partial charge in [0.1, 0.15) is 18.5 Å². The number of benzene rings is 1. The minimum atomic E-state index is -3.71. The lowest BCUT2D eigenvalue weighted by Crippen LogP contribution is -2.62. The van der Waals surface area contributed by atoms with Crippen LogP contribution >= 0.6 is 0 Å². The Balaban J connectivity index is 1.73. The molecule has 0 bridgehead atoms. The first kappa shape index (κ1) is 23.6. The summed E-state index contributed by atoms with van der Waals surface area (Å²) in [6.45, 7) is -1.18. The van der Waals surface area contributed by atoms with Gasteiger partial charge in [-0.1, -0.05) is 0 Å². The van der Waals surface area contributed by atoms with Crippen LogP contribution in [0.5, 0.6) is 0 Å². The lowest BCUT2D eigenvalue weighted by molar-refractivity contribution is -0.324. The van der Waals surface area contributed by atoms with E-state index >= 15 is 0 Å². The molecule has 31 heavy (non-hydrogen) atoms. The van der Waals surface area contributed by atoms with Crippen LogP contribution in [0.4, 0.5) is 29.3 Å². The fourth-order valence-electron chi connectivity index (χ4n) is 3.63. The van der Waals surface area contributed by atoms with Gasteiger partial charge in [-0.25, -0.2) is 9.18 Å². The molecule has 0 radical (unpaired) electrons. The Morgan fingerprint density at radius 3 is 2.48 bits per heavy atom. The molecule has 1 amide bonds. The summed E-state index contributed by atoms with van der Waals surface area (Å²) in [6, 6.07) is 3.72. The Labute approximate surface area is 177 Å². The second-order valence-electron chi connectivity index (χ2n) is 7.28. The van der Waals surface area contributed by atoms with Crippen molar-refractivity contribution in [2.45, 2.75) is 24.2 Å². The van der Waals surface area contributed by atoms with Gasteiger partial charge in [0.05, 0.1) is 30.7 Å². The zero-order valence-electron chi connectivity index (χ0n) is 17.1. The number of carbonyl (C=O) groups is 1. The van der Waals surface area contributed by atoms with E-state index < -0.39 is 46.4 Å². The number of piperidine rings is 1. The quantitative estimate of drug-likeness (QED) is 0.443. The maximum absolute atomic E-state index is 14.8. The Kier molecular flexibility index (Phi) is 6.42. The molecule has 0 N–H and O–H groups in total. The number of methoxy groups -OCH3 is 2. The molecule has 1 unspecified atom stereocenters. The van der Waals surface area contributed by atoms with E-state index in [1.807, 2.05) is 0 Å². The molecule has 9 nitrogen and oxygen atoms in total. The number of carbonyl (C=O) groups excluding carboxylic acids is 1. The Morgan fingerprint density at radius 1 is 1.26 bits per heavy atom. The van der Waals surface area contributed by atoms with E-state index in [4.69, 9.17) is 14.2 Å². The number of alkyl halides is 2. The second kappa shape index (κ2) is 8.45. The first-order chi connectivity index (χ1) is 14.4. The summed E-state index contributed by atoms with van der Waals surface area (Å²) in [7, 11) is -1.45. The maximum atomic E-state index is 14.8. The maximum Gasteiger partial charge on any atom is 0.414 e. The number of cyclic esters (lactones) is 1. The van der Waals surface area contributed by atoms with Crippen molar-refractivity contribution in [2.75, 3.05) is 56.5 Å². The van der Waals surface area contributed by atoms with Crippen LogP contribution < -0.4 is 9.80 Å². The standard InChI is InChI=1S/C18H23F3N2O7S/c1-27-18(28-2)6-7-22(11-17(18,20)21)15-5-4-12(8-14(15)19)23-9-13(30-16(23)24)10-29-31(3,25)26/h4-5,8,13H,6-7,9-11H2,1-3H3. The molecule has 1 aromatic carbocycles. The van der Waals surface area contributed by atoms with Crippen LogP contribution in [0.15, 0.2) is 18.2 Å². The third kappa shape index (κ3) is 4.73. The van der Waals surface area contributed by atoms with Gasteiger partial charge in [0.2, 0.25) is 5.79 Å². The molecule has 0 spiro atoms. The normalized spacial score (nSPS) is 23.2. The molecule has 2 aliphatic heterocycles. The van der Waals surface area contributed by atoms with Gasteiger partial charge < -0.3 is 19.1 Å². The average Bonchev–Trinajstić information content (AvgIpc) is 3.06. The number of hydrogen-bond donors (Lipinski definition) is 0. The monoisotopic (exact) mass is 468 g/mol. The van der Waals surface area contributed by atoms with Crippen molar-refractivity contribution < 1.29 is 44.8 Å². The number of halogens is 3. The Bertz CT molecular complexity index is 940. The molecule has 13 heteroatoms. The minimum absolute atomic E-state index is 0.0564. The van der Waals surface area contributed by atoms with Crippen LogP contribution in [0.3, 0.4) is 0 Å². The van der Waals surface area contributed by atoms with Gasteiger partial charge in [-0.3, -0.25) is 9.08 Å². The molecule has 2 fully saturated rings. The topological polar surface area (TPSA) is 94.6 Å². The third-order valence-corrected chi connectivity index (χ3v) is 5.81. The summed E-state index contributed by atoms with van der Waals surface area (Å²) in [4.78, 5) is 14.4. The molecule has 1 atom stereocenters. The van der Waals surface area contributed by atoms with E-state index in [9.17, 15) is 26.4 Å². The predicted molar refractivity (Wildman–Crippen MR) is 103 cm³/mol. The lowest BCUT2D eigenvalue weighted by Gasteiger charge is -2.45. The highest BCUT2D eigenvalue weighted by molar-refractivity contribution is 7.85. The third-order valence-electron chi connectivity index (χ3n) is 5.24. The highest BCUT2D eigenvalue weighted by Crippen LogP contribution is 2.41. The summed E-state index contributed by atoms with van der Waals surface area (Å²) >= 11 is 0. The molecule has 1 aromatic rings. The lowest BCUT2D eigenvalue weighted by atomic mass is 9.98. The van der Waals surface area contributed by atoms with E-state index in [0.29, 0.717) is 0 Å². The van der Waals surface area contributed by atoms with Crippen molar-refractivity contribution in [1.29, 1.82) is 0 Å². The minimum Gasteiger partial charge on any atom is -0.441 e. The second-order valence-corrected chi connectivity index (χ2v) is 8.92. The number of nitrogens with zero attached hydrogens (tertiary/aromatic N) is 2. The average molecular weight is 468 g/mol. The highest BCUT2D eigenvalue weighted by Gasteiger charge is 2.58. The molecule has 0 saturated carbocycles. The van der Waals surface area contributed by atoms with E-state index in [2.05, 4.69) is 4.18 Å². The zero-order chi connectivity index (χ0) is 23.0. The first-order valence-electron chi connectivity index (χ1n) is 9.26. The number of anilines is 2. The first-order valence-corrected chi connectivity index (χ1v) is 11.1. The van der Waals surface area contributed by atoms with Gasteiger partial charge in [0, 0.05) is 27.2 Å².